The van der Waals surface area contributed by atoms with E-state index in [-0.39, 0.29) is 0 Å². The second kappa shape index (κ2) is 43.9. The monoisotopic (exact) mass is 1140 g/mol. The van der Waals surface area contributed by atoms with E-state index in [0.29, 0.717) is 72.1 Å². The number of hydrogen-bond donors (Lipinski definition) is 0. The number of ether oxygens (including phenoxy) is 6. The minimum atomic E-state index is -0.460. The van der Waals surface area contributed by atoms with Gasteiger partial charge < -0.3 is 28.4 Å². The molecule has 5 rings (SSSR count). The molecule has 0 saturated heterocycles. The van der Waals surface area contributed by atoms with E-state index in [0.717, 1.165) is 73.6 Å². The number of benzene rings is 5. The van der Waals surface area contributed by atoms with Gasteiger partial charge in [-0.15, -0.1) is 0 Å². The van der Waals surface area contributed by atoms with E-state index >= 15 is 0 Å². The standard InChI is InChI=1S/C76H102O8/c1-5-9-13-17-21-25-29-33-57-79-71-55-49-67(61-73(71)81-59-35-31-27-23-19-15-11-7-3)75(77)83-69-51-45-65(46-52-69)43-41-63-37-39-64(40-38-63)42-44-66-47-53-70(54-48-66)84-76(78)68-50-56-72(80-58-34-30-26-22-18-14-10-6-2)74(62-68)82-60-36-32-28-24-20-16-12-8-4/h37-40,45-56,61-62H,5-36,57-60H2,1-4H3. The Morgan fingerprint density at radius 3 is 0.762 bits per heavy atom. The van der Waals surface area contributed by atoms with Gasteiger partial charge in [-0.05, 0) is 135 Å². The molecule has 0 aliphatic carbocycles. The van der Waals surface area contributed by atoms with Gasteiger partial charge in [-0.2, -0.15) is 0 Å². The summed E-state index contributed by atoms with van der Waals surface area (Å²) < 4.78 is 36.6. The minimum Gasteiger partial charge on any atom is -0.490 e. The molecule has 0 aromatic heterocycles. The Kier molecular flexibility index (Phi) is 35.6. The summed E-state index contributed by atoms with van der Waals surface area (Å²) in [5.74, 6) is 15.3. The first-order valence-corrected chi connectivity index (χ1v) is 33.0. The van der Waals surface area contributed by atoms with Crippen LogP contribution in [0, 0.1) is 23.7 Å². The molecule has 0 fully saturated rings. The Balaban J connectivity index is 1.09. The van der Waals surface area contributed by atoms with Crippen LogP contribution in [-0.2, 0) is 0 Å². The van der Waals surface area contributed by atoms with Gasteiger partial charge in [0.25, 0.3) is 0 Å². The van der Waals surface area contributed by atoms with E-state index < -0.39 is 11.9 Å². The average Bonchev–Trinajstić information content (AvgIpc) is 3.61. The van der Waals surface area contributed by atoms with Crippen LogP contribution in [0.5, 0.6) is 34.5 Å². The van der Waals surface area contributed by atoms with Gasteiger partial charge in [-0.3, -0.25) is 0 Å². The van der Waals surface area contributed by atoms with Crippen LogP contribution in [0.25, 0.3) is 0 Å². The molecule has 0 heterocycles. The van der Waals surface area contributed by atoms with Crippen molar-refractivity contribution in [2.24, 2.45) is 0 Å². The Morgan fingerprint density at radius 1 is 0.274 bits per heavy atom. The van der Waals surface area contributed by atoms with E-state index in [4.69, 9.17) is 28.4 Å². The molecule has 0 radical (unpaired) electrons. The van der Waals surface area contributed by atoms with E-state index in [2.05, 4.69) is 51.4 Å². The Hall–Kier alpha value is -6.64. The molecule has 8 nitrogen and oxygen atoms in total. The van der Waals surface area contributed by atoms with Gasteiger partial charge >= 0.3 is 11.9 Å². The van der Waals surface area contributed by atoms with Crippen LogP contribution in [-0.4, -0.2) is 38.4 Å². The molecule has 5 aromatic rings. The zero-order chi connectivity index (χ0) is 59.3. The molecule has 84 heavy (non-hydrogen) atoms. The molecule has 0 unspecified atom stereocenters. The Labute approximate surface area is 507 Å². The van der Waals surface area contributed by atoms with Gasteiger partial charge in [0.1, 0.15) is 11.5 Å². The highest BCUT2D eigenvalue weighted by Gasteiger charge is 2.17. The molecular formula is C76H102O8. The molecule has 0 aliphatic rings. The molecule has 8 heteroatoms. The molecule has 0 amide bonds. The maximum atomic E-state index is 13.4. The van der Waals surface area contributed by atoms with Gasteiger partial charge in [0.2, 0.25) is 0 Å². The first-order valence-electron chi connectivity index (χ1n) is 33.0. The lowest BCUT2D eigenvalue weighted by Crippen LogP contribution is -2.10. The maximum absolute atomic E-state index is 13.4. The zero-order valence-electron chi connectivity index (χ0n) is 52.1. The molecule has 0 bridgehead atoms. The minimum absolute atomic E-state index is 0.408. The van der Waals surface area contributed by atoms with E-state index in [1.165, 1.54) is 154 Å². The van der Waals surface area contributed by atoms with Gasteiger partial charge in [-0.1, -0.05) is 231 Å². The quantitative estimate of drug-likeness (QED) is 0.0165. The summed E-state index contributed by atoms with van der Waals surface area (Å²) in [4.78, 5) is 26.9. The van der Waals surface area contributed by atoms with Crippen molar-refractivity contribution >= 4 is 11.9 Å². The van der Waals surface area contributed by atoms with Crippen LogP contribution in [0.2, 0.25) is 0 Å². The fourth-order valence-corrected chi connectivity index (χ4v) is 9.88. The van der Waals surface area contributed by atoms with Crippen LogP contribution in [0.3, 0.4) is 0 Å². The van der Waals surface area contributed by atoms with Crippen LogP contribution in [0.4, 0.5) is 0 Å². The predicted molar refractivity (Wildman–Crippen MR) is 347 cm³/mol. The second-order valence-corrected chi connectivity index (χ2v) is 22.5. The van der Waals surface area contributed by atoms with Crippen molar-refractivity contribution in [3.63, 3.8) is 0 Å². The summed E-state index contributed by atoms with van der Waals surface area (Å²) in [6.45, 7) is 11.4. The Morgan fingerprint density at radius 2 is 0.500 bits per heavy atom. The summed E-state index contributed by atoms with van der Waals surface area (Å²) in [6.07, 6.45) is 39.2. The lowest BCUT2D eigenvalue weighted by molar-refractivity contribution is 0.0724. The smallest absolute Gasteiger partial charge is 0.343 e. The predicted octanol–water partition coefficient (Wildman–Crippen LogP) is 21.0. The summed E-state index contributed by atoms with van der Waals surface area (Å²) >= 11 is 0. The van der Waals surface area contributed by atoms with Crippen LogP contribution in [0.15, 0.2) is 109 Å². The Bertz CT molecular complexity index is 2500. The number of unbranched alkanes of at least 4 members (excludes halogenated alkanes) is 28. The SMILES string of the molecule is CCCCCCCCCCOc1ccc(C(=O)Oc2ccc(C#Cc3ccc(C#Cc4ccc(OC(=O)c5ccc(OCCCCCCCCCC)c(OCCCCCCCCCC)c5)cc4)cc3)cc2)cc1OCCCCCCCCCC. The van der Waals surface area contributed by atoms with Crippen molar-refractivity contribution in [1.29, 1.82) is 0 Å². The molecule has 0 atom stereocenters. The summed E-state index contributed by atoms with van der Waals surface area (Å²) in [7, 11) is 0. The number of carbonyl (C=O) groups excluding carboxylic acids is 2. The molecule has 0 spiro atoms. The highest BCUT2D eigenvalue weighted by Crippen LogP contribution is 2.32. The van der Waals surface area contributed by atoms with E-state index in [1.807, 2.05) is 60.7 Å². The van der Waals surface area contributed by atoms with E-state index in [1.54, 1.807) is 48.5 Å². The van der Waals surface area contributed by atoms with E-state index in [9.17, 15) is 9.59 Å². The van der Waals surface area contributed by atoms with Gasteiger partial charge in [0.15, 0.2) is 23.0 Å². The fraction of sp³-hybridized carbons (Fsp3) is 0.526. The lowest BCUT2D eigenvalue weighted by Gasteiger charge is -2.14. The molecule has 0 N–H and O–H groups in total. The fourth-order valence-electron chi connectivity index (χ4n) is 9.88. The molecular weight excluding hydrogens is 1040 g/mol. The van der Waals surface area contributed by atoms with Crippen molar-refractivity contribution in [3.8, 4) is 58.2 Å². The van der Waals surface area contributed by atoms with Gasteiger partial charge in [-0.25, -0.2) is 9.59 Å². The molecule has 454 valence electrons. The van der Waals surface area contributed by atoms with Crippen molar-refractivity contribution in [2.45, 2.75) is 233 Å². The third-order valence-electron chi connectivity index (χ3n) is 15.1. The van der Waals surface area contributed by atoms with Crippen LogP contribution < -0.4 is 28.4 Å². The van der Waals surface area contributed by atoms with Crippen LogP contribution >= 0.6 is 0 Å². The second-order valence-electron chi connectivity index (χ2n) is 22.5. The number of carbonyl (C=O) groups is 2. The normalized spacial score (nSPS) is 10.8. The van der Waals surface area contributed by atoms with Crippen molar-refractivity contribution in [3.05, 3.63) is 143 Å². The summed E-state index contributed by atoms with van der Waals surface area (Å²) in [6, 6.07) is 32.9. The van der Waals surface area contributed by atoms with Gasteiger partial charge in [0, 0.05) is 22.3 Å². The first kappa shape index (κ1) is 68.1. The van der Waals surface area contributed by atoms with Crippen molar-refractivity contribution in [2.75, 3.05) is 26.4 Å². The third-order valence-corrected chi connectivity index (χ3v) is 15.1. The maximum Gasteiger partial charge on any atom is 0.343 e. The lowest BCUT2D eigenvalue weighted by atomic mass is 10.1. The molecule has 0 saturated carbocycles. The zero-order valence-corrected chi connectivity index (χ0v) is 52.1. The third kappa shape index (κ3) is 29.2. The number of esters is 2. The van der Waals surface area contributed by atoms with Crippen molar-refractivity contribution < 1.29 is 38.0 Å². The number of hydrogen-bond acceptors (Lipinski definition) is 8. The average molecular weight is 1140 g/mol. The summed E-state index contributed by atoms with van der Waals surface area (Å²) in [5.41, 5.74) is 4.08. The summed E-state index contributed by atoms with van der Waals surface area (Å²) in [5, 5.41) is 0. The largest absolute Gasteiger partial charge is 0.490 e. The van der Waals surface area contributed by atoms with Crippen LogP contribution in [0.1, 0.15) is 276 Å². The number of rotatable bonds is 44. The highest BCUT2D eigenvalue weighted by molar-refractivity contribution is 5.92. The first-order chi connectivity index (χ1) is 41.4. The molecule has 0 aliphatic heterocycles. The topological polar surface area (TPSA) is 89.5 Å². The highest BCUT2D eigenvalue weighted by atomic mass is 16.5. The molecule has 5 aromatic carbocycles. The van der Waals surface area contributed by atoms with Gasteiger partial charge in [0.05, 0.1) is 37.6 Å². The van der Waals surface area contributed by atoms with Crippen molar-refractivity contribution in [1.82, 2.24) is 0 Å².